The number of amides is 3. The number of carbonyl (C=O) groups excluding carboxylic acids is 2. The molecule has 1 unspecified atom stereocenters. The first kappa shape index (κ1) is 13.4. The lowest BCUT2D eigenvalue weighted by Crippen LogP contribution is -2.33. The normalized spacial score (nSPS) is 20.7. The Morgan fingerprint density at radius 2 is 2.48 bits per heavy atom. The number of nitrogens with zero attached hydrogens (tertiary/aromatic N) is 3. The summed E-state index contributed by atoms with van der Waals surface area (Å²) in [5.41, 5.74) is 6.99. The maximum atomic E-state index is 12.2. The molecule has 1 aromatic heterocycles. The Bertz CT molecular complexity index is 636. The van der Waals surface area contributed by atoms with Gasteiger partial charge in [-0.15, -0.1) is 6.58 Å². The van der Waals surface area contributed by atoms with E-state index in [2.05, 4.69) is 16.8 Å². The monoisotopic (exact) mass is 289 g/mol. The average molecular weight is 289 g/mol. The number of nitrogens with two attached hydrogens (primary N) is 1. The fourth-order valence-corrected chi connectivity index (χ4v) is 2.57. The van der Waals surface area contributed by atoms with Crippen LogP contribution in [0.25, 0.3) is 5.57 Å². The van der Waals surface area contributed by atoms with Crippen LogP contribution in [0.5, 0.6) is 0 Å². The third-order valence-electron chi connectivity index (χ3n) is 3.48. The standard InChI is InChI=1S/C13H15N5O3/c1-2-3-21-18-9-4-8(6-17(7-9)13(18)20)11-10(12(14)19)5-15-16-11/h2,4-5,9H,1,3,6-7H2,(H2,14,19)(H,15,16). The number of hydrogen-bond donors (Lipinski definition) is 2. The highest BCUT2D eigenvalue weighted by Gasteiger charge is 2.41. The zero-order chi connectivity index (χ0) is 15.0. The van der Waals surface area contributed by atoms with Crippen molar-refractivity contribution in [2.75, 3.05) is 19.7 Å². The average Bonchev–Trinajstić information content (AvgIpc) is 3.03. The number of hydroxylamine groups is 2. The highest BCUT2D eigenvalue weighted by Crippen LogP contribution is 2.29. The van der Waals surface area contributed by atoms with Crippen molar-refractivity contribution in [2.45, 2.75) is 6.04 Å². The Morgan fingerprint density at radius 3 is 3.19 bits per heavy atom. The number of carbonyl (C=O) groups is 2. The molecular weight excluding hydrogens is 274 g/mol. The van der Waals surface area contributed by atoms with Crippen LogP contribution < -0.4 is 5.73 Å². The molecule has 0 spiro atoms. The summed E-state index contributed by atoms with van der Waals surface area (Å²) in [5, 5.41) is 7.94. The van der Waals surface area contributed by atoms with Gasteiger partial charge in [0.1, 0.15) is 0 Å². The Balaban J connectivity index is 1.89. The van der Waals surface area contributed by atoms with Crippen LogP contribution in [0.15, 0.2) is 24.9 Å². The summed E-state index contributed by atoms with van der Waals surface area (Å²) in [7, 11) is 0. The largest absolute Gasteiger partial charge is 0.365 e. The lowest BCUT2D eigenvalue weighted by molar-refractivity contribution is -0.107. The zero-order valence-corrected chi connectivity index (χ0v) is 11.3. The topological polar surface area (TPSA) is 105 Å². The SMILES string of the molecule is C=CCON1C(=O)N2CC(c3[nH]ncc3C(N)=O)=CC1C2. The fraction of sp³-hybridized carbons (Fsp3) is 0.308. The van der Waals surface area contributed by atoms with E-state index in [1.807, 2.05) is 6.08 Å². The fourth-order valence-electron chi connectivity index (χ4n) is 2.57. The maximum absolute atomic E-state index is 12.2. The number of rotatable bonds is 5. The number of aromatic nitrogens is 2. The molecule has 2 bridgehead atoms. The van der Waals surface area contributed by atoms with Gasteiger partial charge in [-0.3, -0.25) is 14.7 Å². The molecule has 1 atom stereocenters. The first-order valence-electron chi connectivity index (χ1n) is 6.48. The van der Waals surface area contributed by atoms with Crippen LogP contribution in [-0.4, -0.2) is 57.8 Å². The summed E-state index contributed by atoms with van der Waals surface area (Å²) in [6, 6.07) is -0.404. The molecular formula is C13H15N5O3. The van der Waals surface area contributed by atoms with Crippen molar-refractivity contribution in [3.8, 4) is 0 Å². The first-order valence-corrected chi connectivity index (χ1v) is 6.48. The van der Waals surface area contributed by atoms with Gasteiger partial charge in [-0.2, -0.15) is 10.2 Å². The summed E-state index contributed by atoms with van der Waals surface area (Å²) in [5.74, 6) is -0.557. The summed E-state index contributed by atoms with van der Waals surface area (Å²) in [4.78, 5) is 30.6. The second-order valence-electron chi connectivity index (χ2n) is 4.86. The molecule has 8 nitrogen and oxygen atoms in total. The Kier molecular flexibility index (Phi) is 3.22. The molecule has 21 heavy (non-hydrogen) atoms. The van der Waals surface area contributed by atoms with Gasteiger partial charge in [0.2, 0.25) is 0 Å². The molecule has 0 aliphatic carbocycles. The second kappa shape index (κ2) is 5.06. The van der Waals surface area contributed by atoms with Crippen molar-refractivity contribution in [2.24, 2.45) is 5.73 Å². The molecule has 1 fully saturated rings. The molecule has 1 saturated heterocycles. The summed E-state index contributed by atoms with van der Waals surface area (Å²) in [6.45, 7) is 4.76. The second-order valence-corrected chi connectivity index (χ2v) is 4.86. The van der Waals surface area contributed by atoms with Gasteiger partial charge in [0.15, 0.2) is 0 Å². The summed E-state index contributed by atoms with van der Waals surface area (Å²) < 4.78 is 0. The molecule has 0 saturated carbocycles. The van der Waals surface area contributed by atoms with Gasteiger partial charge in [-0.25, -0.2) is 4.79 Å². The lowest BCUT2D eigenvalue weighted by atomic mass is 10.0. The van der Waals surface area contributed by atoms with Gasteiger partial charge in [0, 0.05) is 13.1 Å². The maximum Gasteiger partial charge on any atom is 0.344 e. The summed E-state index contributed by atoms with van der Waals surface area (Å²) >= 11 is 0. The number of H-pyrrole nitrogens is 1. The molecule has 2 aliphatic rings. The Hall–Kier alpha value is -2.61. The molecule has 3 rings (SSSR count). The van der Waals surface area contributed by atoms with Crippen LogP contribution in [0.2, 0.25) is 0 Å². The van der Waals surface area contributed by atoms with Gasteiger partial charge in [-0.1, -0.05) is 12.2 Å². The minimum absolute atomic E-state index is 0.201. The Labute approximate surface area is 120 Å². The van der Waals surface area contributed by atoms with Crippen molar-refractivity contribution >= 4 is 17.5 Å². The van der Waals surface area contributed by atoms with Gasteiger partial charge in [0.25, 0.3) is 5.91 Å². The number of hydrogen-bond acceptors (Lipinski definition) is 4. The molecule has 0 aromatic carbocycles. The highest BCUT2D eigenvalue weighted by molar-refractivity contribution is 5.98. The van der Waals surface area contributed by atoms with E-state index in [1.54, 1.807) is 11.0 Å². The molecule has 3 heterocycles. The summed E-state index contributed by atoms with van der Waals surface area (Å²) in [6.07, 6.45) is 4.86. The molecule has 1 aromatic rings. The molecule has 2 aliphatic heterocycles. The van der Waals surface area contributed by atoms with Crippen LogP contribution in [0.4, 0.5) is 4.79 Å². The molecule has 8 heteroatoms. The smallest absolute Gasteiger partial charge is 0.344 e. The van der Waals surface area contributed by atoms with E-state index in [9.17, 15) is 9.59 Å². The highest BCUT2D eigenvalue weighted by atomic mass is 16.7. The van der Waals surface area contributed by atoms with Crippen LogP contribution in [0, 0.1) is 0 Å². The van der Waals surface area contributed by atoms with Gasteiger partial charge in [0.05, 0.1) is 30.1 Å². The quantitative estimate of drug-likeness (QED) is 0.752. The van der Waals surface area contributed by atoms with Crippen molar-refractivity contribution in [1.29, 1.82) is 0 Å². The predicted octanol–water partition coefficient (Wildman–Crippen LogP) is 0.129. The molecule has 110 valence electrons. The molecule has 3 amide bonds. The van der Waals surface area contributed by atoms with E-state index in [-0.39, 0.29) is 18.7 Å². The van der Waals surface area contributed by atoms with Gasteiger partial charge in [-0.05, 0) is 5.57 Å². The minimum Gasteiger partial charge on any atom is -0.365 e. The number of urea groups is 1. The van der Waals surface area contributed by atoms with Gasteiger partial charge < -0.3 is 10.6 Å². The van der Waals surface area contributed by atoms with E-state index < -0.39 is 5.91 Å². The zero-order valence-electron chi connectivity index (χ0n) is 11.3. The van der Waals surface area contributed by atoms with Crippen LogP contribution in [0.3, 0.4) is 0 Å². The van der Waals surface area contributed by atoms with Crippen molar-refractivity contribution < 1.29 is 14.4 Å². The van der Waals surface area contributed by atoms with E-state index in [0.717, 1.165) is 5.57 Å². The lowest BCUT2D eigenvalue weighted by Gasteiger charge is -2.21. The van der Waals surface area contributed by atoms with Crippen molar-refractivity contribution in [3.63, 3.8) is 0 Å². The first-order chi connectivity index (χ1) is 10.1. The number of aromatic amines is 1. The number of primary amides is 1. The predicted molar refractivity (Wildman–Crippen MR) is 73.8 cm³/mol. The number of fused-ring (bicyclic) bond motifs is 2. The van der Waals surface area contributed by atoms with Crippen molar-refractivity contribution in [3.05, 3.63) is 36.2 Å². The van der Waals surface area contributed by atoms with Crippen molar-refractivity contribution in [1.82, 2.24) is 20.2 Å². The van der Waals surface area contributed by atoms with E-state index >= 15 is 0 Å². The molecule has 3 N–H and O–H groups in total. The van der Waals surface area contributed by atoms with Gasteiger partial charge >= 0.3 is 6.03 Å². The molecule has 0 radical (unpaired) electrons. The third-order valence-corrected chi connectivity index (χ3v) is 3.48. The minimum atomic E-state index is -0.557. The van der Waals surface area contributed by atoms with E-state index in [1.165, 1.54) is 11.3 Å². The van der Waals surface area contributed by atoms with Crippen LogP contribution in [0.1, 0.15) is 16.1 Å². The number of nitrogens with one attached hydrogen (secondary N) is 1. The third kappa shape index (κ3) is 2.19. The van der Waals surface area contributed by atoms with Crippen LogP contribution >= 0.6 is 0 Å². The van der Waals surface area contributed by atoms with E-state index in [4.69, 9.17) is 10.6 Å². The van der Waals surface area contributed by atoms with Crippen LogP contribution in [-0.2, 0) is 4.84 Å². The Morgan fingerprint density at radius 1 is 1.67 bits per heavy atom. The van der Waals surface area contributed by atoms with E-state index in [0.29, 0.717) is 24.3 Å².